The van der Waals surface area contributed by atoms with Gasteiger partial charge in [-0.05, 0) is 24.8 Å². The van der Waals surface area contributed by atoms with E-state index in [2.05, 4.69) is 20.8 Å². The normalized spacial score (nSPS) is 10.9. The van der Waals surface area contributed by atoms with Crippen molar-refractivity contribution < 1.29 is 18.3 Å². The molecule has 0 saturated heterocycles. The SMILES string of the molecule is CC.CC(C)(C)CCO.Cc1cccc(C(F)(F)F)c1. The molecular weight excluding hydrogens is 265 g/mol. The predicted molar refractivity (Wildman–Crippen MR) is 78.7 cm³/mol. The zero-order valence-electron chi connectivity index (χ0n) is 13.3. The van der Waals surface area contributed by atoms with E-state index in [9.17, 15) is 13.2 Å². The van der Waals surface area contributed by atoms with Crippen molar-refractivity contribution in [3.63, 3.8) is 0 Å². The van der Waals surface area contributed by atoms with Crippen LogP contribution in [0.5, 0.6) is 0 Å². The second-order valence-electron chi connectivity index (χ2n) is 5.40. The molecule has 0 aromatic heterocycles. The van der Waals surface area contributed by atoms with Crippen LogP contribution in [0.3, 0.4) is 0 Å². The second-order valence-corrected chi connectivity index (χ2v) is 5.40. The van der Waals surface area contributed by atoms with E-state index in [0.717, 1.165) is 18.6 Å². The minimum atomic E-state index is -4.22. The van der Waals surface area contributed by atoms with Gasteiger partial charge in [0.2, 0.25) is 0 Å². The summed E-state index contributed by atoms with van der Waals surface area (Å²) < 4.78 is 35.9. The first-order valence-electron chi connectivity index (χ1n) is 6.81. The zero-order chi connectivity index (χ0) is 16.4. The lowest BCUT2D eigenvalue weighted by atomic mass is 9.93. The monoisotopic (exact) mass is 292 g/mol. The maximum atomic E-state index is 12.0. The number of aryl methyl sites for hydroxylation is 1. The smallest absolute Gasteiger partial charge is 0.396 e. The van der Waals surface area contributed by atoms with E-state index in [1.54, 1.807) is 13.0 Å². The lowest BCUT2D eigenvalue weighted by Crippen LogP contribution is -2.06. The quantitative estimate of drug-likeness (QED) is 0.729. The first-order valence-corrected chi connectivity index (χ1v) is 6.81. The lowest BCUT2D eigenvalue weighted by Gasteiger charge is -2.14. The third-order valence-electron chi connectivity index (χ3n) is 2.21. The molecule has 0 radical (unpaired) electrons. The maximum Gasteiger partial charge on any atom is 0.416 e. The van der Waals surface area contributed by atoms with Crippen LogP contribution in [0.1, 0.15) is 52.2 Å². The Morgan fingerprint density at radius 1 is 1.05 bits per heavy atom. The number of halogens is 3. The highest BCUT2D eigenvalue weighted by Gasteiger charge is 2.29. The Labute approximate surface area is 120 Å². The summed E-state index contributed by atoms with van der Waals surface area (Å²) >= 11 is 0. The molecule has 1 nitrogen and oxygen atoms in total. The van der Waals surface area contributed by atoms with Gasteiger partial charge in [-0.3, -0.25) is 0 Å². The minimum absolute atomic E-state index is 0.300. The van der Waals surface area contributed by atoms with Crippen molar-refractivity contribution in [2.75, 3.05) is 6.61 Å². The molecule has 0 heterocycles. The topological polar surface area (TPSA) is 20.2 Å². The van der Waals surface area contributed by atoms with E-state index in [1.165, 1.54) is 6.07 Å². The Bertz CT molecular complexity index is 351. The van der Waals surface area contributed by atoms with Gasteiger partial charge in [-0.25, -0.2) is 0 Å². The van der Waals surface area contributed by atoms with Crippen LogP contribution < -0.4 is 0 Å². The largest absolute Gasteiger partial charge is 0.416 e. The molecule has 1 aromatic rings. The highest BCUT2D eigenvalue weighted by molar-refractivity contribution is 5.24. The van der Waals surface area contributed by atoms with Crippen molar-refractivity contribution in [1.82, 2.24) is 0 Å². The highest BCUT2D eigenvalue weighted by atomic mass is 19.4. The fraction of sp³-hybridized carbons (Fsp3) is 0.625. The summed E-state index contributed by atoms with van der Waals surface area (Å²) in [6, 6.07) is 5.22. The fourth-order valence-corrected chi connectivity index (χ4v) is 1.16. The Morgan fingerprint density at radius 3 is 1.75 bits per heavy atom. The van der Waals surface area contributed by atoms with Crippen molar-refractivity contribution in [3.8, 4) is 0 Å². The van der Waals surface area contributed by atoms with Gasteiger partial charge in [0.25, 0.3) is 0 Å². The Hall–Kier alpha value is -1.03. The number of aliphatic hydroxyl groups excluding tert-OH is 1. The van der Waals surface area contributed by atoms with Crippen LogP contribution in [0.25, 0.3) is 0 Å². The van der Waals surface area contributed by atoms with Crippen LogP contribution in [0.2, 0.25) is 0 Å². The van der Waals surface area contributed by atoms with E-state index < -0.39 is 11.7 Å². The molecule has 4 heteroatoms. The molecule has 20 heavy (non-hydrogen) atoms. The number of alkyl halides is 3. The van der Waals surface area contributed by atoms with Gasteiger partial charge in [-0.15, -0.1) is 0 Å². The van der Waals surface area contributed by atoms with Crippen LogP contribution in [-0.4, -0.2) is 11.7 Å². The lowest BCUT2D eigenvalue weighted by molar-refractivity contribution is -0.137. The van der Waals surface area contributed by atoms with Crippen LogP contribution in [0.4, 0.5) is 13.2 Å². The first kappa shape index (κ1) is 21.3. The summed E-state index contributed by atoms with van der Waals surface area (Å²) in [7, 11) is 0. The molecule has 1 N–H and O–H groups in total. The van der Waals surface area contributed by atoms with Gasteiger partial charge in [-0.2, -0.15) is 13.2 Å². The van der Waals surface area contributed by atoms with E-state index in [0.29, 0.717) is 17.6 Å². The Balaban J connectivity index is 0. The molecule has 0 unspecified atom stereocenters. The average molecular weight is 292 g/mol. The molecule has 0 saturated carbocycles. The van der Waals surface area contributed by atoms with Gasteiger partial charge in [0.15, 0.2) is 0 Å². The minimum Gasteiger partial charge on any atom is -0.396 e. The van der Waals surface area contributed by atoms with E-state index in [4.69, 9.17) is 5.11 Å². The number of rotatable bonds is 1. The van der Waals surface area contributed by atoms with Crippen molar-refractivity contribution in [2.45, 2.75) is 54.1 Å². The number of benzene rings is 1. The Morgan fingerprint density at radius 2 is 1.55 bits per heavy atom. The predicted octanol–water partition coefficient (Wildman–Crippen LogP) is 5.45. The standard InChI is InChI=1S/C8H7F3.C6H14O.C2H6/c1-6-3-2-4-7(5-6)8(9,10)11;1-6(2,3)4-5-7;1-2/h2-5H,1H3;7H,4-5H2,1-3H3;1-2H3. The fourth-order valence-electron chi connectivity index (χ4n) is 1.16. The number of hydrogen-bond acceptors (Lipinski definition) is 1. The van der Waals surface area contributed by atoms with Crippen molar-refractivity contribution in [3.05, 3.63) is 35.4 Å². The molecule has 118 valence electrons. The first-order chi connectivity index (χ1) is 9.06. The summed E-state index contributed by atoms with van der Waals surface area (Å²) in [6.45, 7) is 12.3. The van der Waals surface area contributed by atoms with Gasteiger partial charge >= 0.3 is 6.18 Å². The second kappa shape index (κ2) is 9.81. The van der Waals surface area contributed by atoms with E-state index >= 15 is 0 Å². The molecule has 0 atom stereocenters. The summed E-state index contributed by atoms with van der Waals surface area (Å²) in [5, 5.41) is 8.40. The van der Waals surface area contributed by atoms with Crippen molar-refractivity contribution in [2.24, 2.45) is 5.41 Å². The van der Waals surface area contributed by atoms with Crippen molar-refractivity contribution >= 4 is 0 Å². The van der Waals surface area contributed by atoms with E-state index in [-0.39, 0.29) is 0 Å². The molecular formula is C16H27F3O. The van der Waals surface area contributed by atoms with Gasteiger partial charge in [0.05, 0.1) is 5.56 Å². The summed E-state index contributed by atoms with van der Waals surface area (Å²) in [6.07, 6.45) is -3.32. The molecule has 1 aromatic carbocycles. The Kier molecular flexibility index (Phi) is 10.4. The van der Waals surface area contributed by atoms with Crippen LogP contribution in [-0.2, 0) is 6.18 Å². The third kappa shape index (κ3) is 12.0. The van der Waals surface area contributed by atoms with Gasteiger partial charge in [0.1, 0.15) is 0 Å². The van der Waals surface area contributed by atoms with Gasteiger partial charge in [0, 0.05) is 6.61 Å². The number of aliphatic hydroxyl groups is 1. The van der Waals surface area contributed by atoms with Crippen LogP contribution in [0.15, 0.2) is 24.3 Å². The maximum absolute atomic E-state index is 12.0. The third-order valence-corrected chi connectivity index (χ3v) is 2.21. The van der Waals surface area contributed by atoms with E-state index in [1.807, 2.05) is 13.8 Å². The van der Waals surface area contributed by atoms with Gasteiger partial charge in [-0.1, -0.05) is 58.4 Å². The molecule has 1 rings (SSSR count). The molecule has 0 fully saturated rings. The molecule has 0 bridgehead atoms. The summed E-state index contributed by atoms with van der Waals surface area (Å²) in [5.74, 6) is 0. The van der Waals surface area contributed by atoms with Crippen molar-refractivity contribution in [1.29, 1.82) is 0 Å². The summed E-state index contributed by atoms with van der Waals surface area (Å²) in [4.78, 5) is 0. The summed E-state index contributed by atoms with van der Waals surface area (Å²) in [5.41, 5.74) is 0.340. The van der Waals surface area contributed by atoms with Crippen LogP contribution >= 0.6 is 0 Å². The molecule has 0 amide bonds. The van der Waals surface area contributed by atoms with Crippen LogP contribution in [0, 0.1) is 12.3 Å². The average Bonchev–Trinajstić information content (AvgIpc) is 2.30. The molecule has 0 aliphatic carbocycles. The highest BCUT2D eigenvalue weighted by Crippen LogP contribution is 2.29. The van der Waals surface area contributed by atoms with Gasteiger partial charge < -0.3 is 5.11 Å². The molecule has 0 spiro atoms. The molecule has 0 aliphatic rings. The zero-order valence-corrected chi connectivity index (χ0v) is 13.3. The molecule has 0 aliphatic heterocycles. The number of hydrogen-bond donors (Lipinski definition) is 1.